The Hall–Kier alpha value is -6.44. The molecule has 0 radical (unpaired) electrons. The Balaban J connectivity index is 0.000000165. The predicted octanol–water partition coefficient (Wildman–Crippen LogP) is 14.2. The van der Waals surface area contributed by atoms with Crippen LogP contribution < -0.4 is 4.74 Å². The number of pyridine rings is 4. The molecule has 0 fully saturated rings. The van der Waals surface area contributed by atoms with E-state index in [2.05, 4.69) is 108 Å². The van der Waals surface area contributed by atoms with Crippen molar-refractivity contribution in [2.45, 2.75) is 52.4 Å². The SMILES string of the molecule is Brc1cccc(-c2ccccn2)c1.CC(C)(C)c1ccnc(-c2cccc(O)c2)c1.CC(C)(C)c1ccnc(-c2cccc(Oc3cccc(-c4ccccn4)c3)c2)c1. The predicted molar refractivity (Wildman–Crippen MR) is 246 cm³/mol. The smallest absolute Gasteiger partial charge is 0.128 e. The van der Waals surface area contributed by atoms with E-state index in [-0.39, 0.29) is 16.6 Å². The second kappa shape index (κ2) is 19.3. The van der Waals surface area contributed by atoms with Crippen molar-refractivity contribution in [2.24, 2.45) is 0 Å². The minimum Gasteiger partial charge on any atom is -0.508 e. The normalized spacial score (nSPS) is 11.0. The zero-order chi connectivity index (χ0) is 41.8. The van der Waals surface area contributed by atoms with Crippen molar-refractivity contribution in [3.8, 4) is 62.3 Å². The molecule has 6 nitrogen and oxygen atoms in total. The molecule has 4 aromatic heterocycles. The van der Waals surface area contributed by atoms with Crippen molar-refractivity contribution >= 4 is 15.9 Å². The first-order chi connectivity index (χ1) is 28.3. The number of nitrogens with zero attached hydrogens (tertiary/aromatic N) is 4. The van der Waals surface area contributed by atoms with Gasteiger partial charge in [-0.05, 0) is 119 Å². The highest BCUT2D eigenvalue weighted by atomic mass is 79.9. The summed E-state index contributed by atoms with van der Waals surface area (Å²) in [6, 6.07) is 51.5. The second-order valence-corrected chi connectivity index (χ2v) is 16.9. The van der Waals surface area contributed by atoms with Crippen LogP contribution >= 0.6 is 15.9 Å². The molecule has 0 atom stereocenters. The van der Waals surface area contributed by atoms with Crippen molar-refractivity contribution in [3.63, 3.8) is 0 Å². The third kappa shape index (κ3) is 12.3. The number of phenols is 1. The zero-order valence-electron chi connectivity index (χ0n) is 34.3. The topological polar surface area (TPSA) is 81.0 Å². The summed E-state index contributed by atoms with van der Waals surface area (Å²) >= 11 is 3.43. The van der Waals surface area contributed by atoms with Gasteiger partial charge in [0, 0.05) is 51.5 Å². The van der Waals surface area contributed by atoms with Gasteiger partial charge in [-0.2, -0.15) is 0 Å². The maximum atomic E-state index is 9.48. The summed E-state index contributed by atoms with van der Waals surface area (Å²) in [6.45, 7) is 13.2. The first-order valence-corrected chi connectivity index (χ1v) is 20.3. The molecule has 8 rings (SSSR count). The highest BCUT2D eigenvalue weighted by molar-refractivity contribution is 9.10. The van der Waals surface area contributed by atoms with Crippen LogP contribution in [0.4, 0.5) is 0 Å². The van der Waals surface area contributed by atoms with Crippen molar-refractivity contribution in [3.05, 3.63) is 198 Å². The Labute approximate surface area is 356 Å². The van der Waals surface area contributed by atoms with Crippen LogP contribution in [-0.2, 0) is 10.8 Å². The van der Waals surface area contributed by atoms with Crippen molar-refractivity contribution in [1.82, 2.24) is 19.9 Å². The van der Waals surface area contributed by atoms with Crippen molar-refractivity contribution < 1.29 is 9.84 Å². The van der Waals surface area contributed by atoms with Crippen LogP contribution in [0.25, 0.3) is 45.0 Å². The highest BCUT2D eigenvalue weighted by Gasteiger charge is 2.16. The first-order valence-electron chi connectivity index (χ1n) is 19.5. The van der Waals surface area contributed by atoms with E-state index in [1.54, 1.807) is 24.5 Å². The molecule has 0 aliphatic rings. The number of hydrogen-bond donors (Lipinski definition) is 1. The number of halogens is 1. The summed E-state index contributed by atoms with van der Waals surface area (Å²) in [5, 5.41) is 9.48. The minimum atomic E-state index is 0.0811. The number of aromatic hydroxyl groups is 1. The lowest BCUT2D eigenvalue weighted by atomic mass is 9.87. The van der Waals surface area contributed by atoms with Crippen LogP contribution in [0.3, 0.4) is 0 Å². The minimum absolute atomic E-state index is 0.0811. The van der Waals surface area contributed by atoms with Crippen molar-refractivity contribution in [1.29, 1.82) is 0 Å². The van der Waals surface area contributed by atoms with Gasteiger partial charge in [0.1, 0.15) is 17.2 Å². The number of rotatable bonds is 6. The van der Waals surface area contributed by atoms with E-state index < -0.39 is 0 Å². The maximum Gasteiger partial charge on any atom is 0.128 e. The Kier molecular flexibility index (Phi) is 13.8. The Morgan fingerprint density at radius 3 is 1.27 bits per heavy atom. The molecule has 0 amide bonds. The van der Waals surface area contributed by atoms with Gasteiger partial charge in [-0.3, -0.25) is 19.9 Å². The van der Waals surface area contributed by atoms with E-state index >= 15 is 0 Å². The monoisotopic (exact) mass is 840 g/mol. The quantitative estimate of drug-likeness (QED) is 0.180. The molecule has 0 spiro atoms. The molecule has 0 saturated heterocycles. The van der Waals surface area contributed by atoms with Crippen LogP contribution in [0, 0.1) is 0 Å². The number of phenolic OH excluding ortho intramolecular Hbond substituents is 1. The number of aromatic nitrogens is 4. The molecule has 296 valence electrons. The third-order valence-electron chi connectivity index (χ3n) is 9.34. The Morgan fingerprint density at radius 2 is 0.831 bits per heavy atom. The van der Waals surface area contributed by atoms with E-state index in [1.807, 2.05) is 128 Å². The second-order valence-electron chi connectivity index (χ2n) is 16.0. The van der Waals surface area contributed by atoms with E-state index in [1.165, 1.54) is 11.1 Å². The van der Waals surface area contributed by atoms with Crippen LogP contribution in [0.5, 0.6) is 17.2 Å². The van der Waals surface area contributed by atoms with Crippen LogP contribution in [0.15, 0.2) is 187 Å². The van der Waals surface area contributed by atoms with Gasteiger partial charge >= 0.3 is 0 Å². The van der Waals surface area contributed by atoms with Crippen LogP contribution in [0.2, 0.25) is 0 Å². The summed E-state index contributed by atoms with van der Waals surface area (Å²) in [4.78, 5) is 17.6. The standard InChI is InChI=1S/C26H24N2O.C15H17NO.C11H8BrN/c1-26(2,3)21-13-15-28-25(18-21)20-9-7-11-23(17-20)29-22-10-6-8-19(16-22)24-12-4-5-14-27-24;1-15(2,3)12-7-8-16-14(10-12)11-5-4-6-13(17)9-11;12-10-5-3-4-9(8-10)11-6-1-2-7-13-11/h4-18H,1-3H3;4-10,17H,1-3H3;1-8H. The lowest BCUT2D eigenvalue weighted by molar-refractivity contribution is 0.475. The lowest BCUT2D eigenvalue weighted by Gasteiger charge is -2.19. The molecule has 1 N–H and O–H groups in total. The molecule has 8 aromatic rings. The van der Waals surface area contributed by atoms with E-state index in [0.717, 1.165) is 61.0 Å². The van der Waals surface area contributed by atoms with Gasteiger partial charge in [-0.15, -0.1) is 0 Å². The summed E-state index contributed by atoms with van der Waals surface area (Å²) in [5.74, 6) is 1.83. The van der Waals surface area contributed by atoms with Gasteiger partial charge in [0.05, 0.1) is 22.8 Å². The van der Waals surface area contributed by atoms with Gasteiger partial charge in [-0.1, -0.05) is 118 Å². The Morgan fingerprint density at radius 1 is 0.407 bits per heavy atom. The summed E-state index contributed by atoms with van der Waals surface area (Å²) in [6.07, 6.45) is 7.29. The molecule has 0 unspecified atom stereocenters. The lowest BCUT2D eigenvalue weighted by Crippen LogP contribution is -2.11. The summed E-state index contributed by atoms with van der Waals surface area (Å²) < 4.78 is 7.22. The van der Waals surface area contributed by atoms with E-state index in [9.17, 15) is 5.11 Å². The molecule has 0 bridgehead atoms. The fraction of sp³-hybridized carbons (Fsp3) is 0.154. The molecular weight excluding hydrogens is 793 g/mol. The van der Waals surface area contributed by atoms with Crippen LogP contribution in [-0.4, -0.2) is 25.0 Å². The van der Waals surface area contributed by atoms with E-state index in [0.29, 0.717) is 0 Å². The number of benzene rings is 4. The summed E-state index contributed by atoms with van der Waals surface area (Å²) in [5.41, 5.74) is 10.6. The van der Waals surface area contributed by atoms with Gasteiger partial charge in [0.15, 0.2) is 0 Å². The molecule has 59 heavy (non-hydrogen) atoms. The molecule has 0 saturated carbocycles. The van der Waals surface area contributed by atoms with Crippen LogP contribution in [0.1, 0.15) is 52.7 Å². The first kappa shape index (κ1) is 42.2. The molecule has 4 heterocycles. The molecule has 7 heteroatoms. The average molecular weight is 842 g/mol. The van der Waals surface area contributed by atoms with Gasteiger partial charge in [-0.25, -0.2) is 0 Å². The average Bonchev–Trinajstić information content (AvgIpc) is 3.24. The molecule has 4 aromatic carbocycles. The van der Waals surface area contributed by atoms with Gasteiger partial charge in [0.2, 0.25) is 0 Å². The summed E-state index contributed by atoms with van der Waals surface area (Å²) in [7, 11) is 0. The molecular formula is C52H49BrN4O2. The number of ether oxygens (including phenoxy) is 1. The van der Waals surface area contributed by atoms with Gasteiger partial charge < -0.3 is 9.84 Å². The molecule has 0 aliphatic carbocycles. The Bertz CT molecular complexity index is 2580. The maximum absolute atomic E-state index is 9.48. The highest BCUT2D eigenvalue weighted by Crippen LogP contribution is 2.32. The zero-order valence-corrected chi connectivity index (χ0v) is 35.9. The van der Waals surface area contributed by atoms with Crippen molar-refractivity contribution in [2.75, 3.05) is 0 Å². The van der Waals surface area contributed by atoms with E-state index in [4.69, 9.17) is 4.74 Å². The third-order valence-corrected chi connectivity index (χ3v) is 9.83. The fourth-order valence-corrected chi connectivity index (χ4v) is 6.46. The number of hydrogen-bond acceptors (Lipinski definition) is 6. The molecule has 0 aliphatic heterocycles. The largest absolute Gasteiger partial charge is 0.508 e. The fourth-order valence-electron chi connectivity index (χ4n) is 6.06. The van der Waals surface area contributed by atoms with Gasteiger partial charge in [0.25, 0.3) is 0 Å².